The maximum atomic E-state index is 11.3. The molecule has 0 aromatic carbocycles. The van der Waals surface area contributed by atoms with E-state index in [1.807, 2.05) is 0 Å². The molecule has 0 spiro atoms. The molecule has 2 rings (SSSR count). The Balaban J connectivity index is 2.27. The van der Waals surface area contributed by atoms with Crippen LogP contribution in [0.1, 0.15) is 6.42 Å². The van der Waals surface area contributed by atoms with Crippen LogP contribution in [0.4, 0.5) is 0 Å². The molecule has 13 nitrogen and oxygen atoms in total. The number of aliphatic hydroxyl groups is 1. The van der Waals surface area contributed by atoms with Crippen LogP contribution in [0.25, 0.3) is 0 Å². The fourth-order valence-electron chi connectivity index (χ4n) is 2.28. The largest absolute Gasteiger partial charge is 0.473 e. The van der Waals surface area contributed by atoms with Gasteiger partial charge in [-0.3, -0.25) is 18.1 Å². The maximum absolute atomic E-state index is 11.3. The summed E-state index contributed by atoms with van der Waals surface area (Å²) < 4.78 is 50.9. The highest BCUT2D eigenvalue weighted by atomic mass is 31.2. The third-order valence-corrected chi connectivity index (χ3v) is 5.04. The van der Waals surface area contributed by atoms with Gasteiger partial charge < -0.3 is 29.6 Å². The van der Waals surface area contributed by atoms with E-state index < -0.39 is 60.4 Å². The number of aliphatic hydroxyl groups excluding tert-OH is 1. The van der Waals surface area contributed by atoms with E-state index in [0.29, 0.717) is 0 Å². The number of hydrogen-bond donors (Lipinski definition) is 6. The molecule has 0 bridgehead atoms. The molecule has 6 N–H and O–H groups in total. The summed E-state index contributed by atoms with van der Waals surface area (Å²) in [5, 5.41) is 9.96. The van der Waals surface area contributed by atoms with Gasteiger partial charge >= 0.3 is 23.5 Å². The summed E-state index contributed by atoms with van der Waals surface area (Å²) in [5.41, 5.74) is 0. The van der Waals surface area contributed by atoms with Crippen molar-refractivity contribution in [3.63, 3.8) is 0 Å². The van der Waals surface area contributed by atoms with Gasteiger partial charge in [-0.1, -0.05) is 0 Å². The van der Waals surface area contributed by atoms with Gasteiger partial charge in [-0.25, -0.2) is 13.7 Å². The molecule has 1 heterocycles. The van der Waals surface area contributed by atoms with E-state index >= 15 is 0 Å². The van der Waals surface area contributed by atoms with Gasteiger partial charge in [-0.15, -0.1) is 0 Å². The highest BCUT2D eigenvalue weighted by Gasteiger charge is 2.57. The lowest BCUT2D eigenvalue weighted by atomic mass is 9.87. The molecule has 0 aromatic heterocycles. The molecular weight excluding hydrogens is 373 g/mol. The zero-order valence-corrected chi connectivity index (χ0v) is 13.2. The van der Waals surface area contributed by atoms with Gasteiger partial charge in [0.1, 0.15) is 30.5 Å². The average molecular weight is 386 g/mol. The van der Waals surface area contributed by atoms with Crippen molar-refractivity contribution in [3.05, 3.63) is 0 Å². The van der Waals surface area contributed by atoms with Crippen molar-refractivity contribution >= 4 is 23.5 Å². The average Bonchev–Trinajstić information content (AvgIpc) is 2.55. The molecule has 1 aliphatic heterocycles. The first kappa shape index (κ1) is 18.6. The summed E-state index contributed by atoms with van der Waals surface area (Å²) >= 11 is 0. The normalized spacial score (nSPS) is 43.1. The van der Waals surface area contributed by atoms with E-state index in [2.05, 4.69) is 18.1 Å². The van der Waals surface area contributed by atoms with Crippen LogP contribution < -0.4 is 0 Å². The second-order valence-electron chi connectivity index (χ2n) is 4.60. The molecule has 6 atom stereocenters. The predicted octanol–water partition coefficient (Wildman–Crippen LogP) is -1.41. The van der Waals surface area contributed by atoms with Gasteiger partial charge in [0.05, 0.1) is 0 Å². The van der Waals surface area contributed by atoms with Crippen LogP contribution in [0.5, 0.6) is 0 Å². The number of fused-ring (bicyclic) bond motifs is 1. The SMILES string of the molecule is O=P(O)(O)O[C@@H]1[C@H](O)[C@H]2OP(=O)(O)O[C@H]2C[C@H]1OP(=O)(O)O. The number of hydrogen-bond acceptors (Lipinski definition) is 8. The smallest absolute Gasteiger partial charge is 0.387 e. The Morgan fingerprint density at radius 1 is 1.05 bits per heavy atom. The van der Waals surface area contributed by atoms with Crippen molar-refractivity contribution in [3.8, 4) is 0 Å². The van der Waals surface area contributed by atoms with Crippen LogP contribution >= 0.6 is 23.5 Å². The first-order valence-corrected chi connectivity index (χ1v) is 10.2. The molecule has 0 radical (unpaired) electrons. The summed E-state index contributed by atoms with van der Waals surface area (Å²) in [6.07, 6.45) is -8.85. The van der Waals surface area contributed by atoms with Crippen molar-refractivity contribution in [1.29, 1.82) is 0 Å². The number of phosphoric ester groups is 3. The van der Waals surface area contributed by atoms with Crippen molar-refractivity contribution in [2.24, 2.45) is 0 Å². The number of phosphoric acid groups is 3. The molecule has 1 saturated carbocycles. The quantitative estimate of drug-likeness (QED) is 0.307. The van der Waals surface area contributed by atoms with Gasteiger partial charge in [-0.2, -0.15) is 0 Å². The summed E-state index contributed by atoms with van der Waals surface area (Å²) in [6.45, 7) is 0. The standard InChI is InChI=1S/C6H13O13P3/c7-4-5(18-21(11,12)13)2(16-20(8,9)10)1-3-6(4)19-22(14,15)17-3/h2-7H,1H2,(H,14,15)(H2,8,9,10)(H2,11,12,13)/t2-,3+,4+,5+,6+/m1/s1. The van der Waals surface area contributed by atoms with Gasteiger partial charge in [0.25, 0.3) is 0 Å². The van der Waals surface area contributed by atoms with E-state index in [0.717, 1.165) is 0 Å². The molecule has 130 valence electrons. The molecular formula is C6H13O13P3. The summed E-state index contributed by atoms with van der Waals surface area (Å²) in [6, 6.07) is 0. The predicted molar refractivity (Wildman–Crippen MR) is 64.0 cm³/mol. The minimum atomic E-state index is -5.16. The Hall–Kier alpha value is 0.290. The van der Waals surface area contributed by atoms with Crippen molar-refractivity contribution in [1.82, 2.24) is 0 Å². The Labute approximate surface area is 122 Å². The van der Waals surface area contributed by atoms with Gasteiger partial charge in [0, 0.05) is 6.42 Å². The third-order valence-electron chi connectivity index (χ3n) is 2.93. The van der Waals surface area contributed by atoms with E-state index in [9.17, 15) is 23.7 Å². The minimum Gasteiger partial charge on any atom is -0.387 e. The molecule has 2 fully saturated rings. The zero-order valence-electron chi connectivity index (χ0n) is 10.5. The highest BCUT2D eigenvalue weighted by molar-refractivity contribution is 7.47. The molecule has 0 amide bonds. The maximum Gasteiger partial charge on any atom is 0.473 e. The van der Waals surface area contributed by atoms with E-state index in [4.69, 9.17) is 19.6 Å². The van der Waals surface area contributed by atoms with Crippen molar-refractivity contribution in [2.75, 3.05) is 0 Å². The Kier molecular flexibility index (Phi) is 5.06. The Morgan fingerprint density at radius 3 is 2.09 bits per heavy atom. The monoisotopic (exact) mass is 386 g/mol. The van der Waals surface area contributed by atoms with E-state index in [1.165, 1.54) is 0 Å². The lowest BCUT2D eigenvalue weighted by Crippen LogP contribution is -2.56. The van der Waals surface area contributed by atoms with Crippen LogP contribution in [-0.2, 0) is 31.8 Å². The van der Waals surface area contributed by atoms with Gasteiger partial charge in [-0.05, 0) is 0 Å². The fraction of sp³-hybridized carbons (Fsp3) is 1.00. The lowest BCUT2D eigenvalue weighted by molar-refractivity contribution is -0.134. The molecule has 22 heavy (non-hydrogen) atoms. The van der Waals surface area contributed by atoms with Crippen LogP contribution in [0.2, 0.25) is 0 Å². The summed E-state index contributed by atoms with van der Waals surface area (Å²) in [7, 11) is -14.8. The topological polar surface area (TPSA) is 210 Å². The lowest BCUT2D eigenvalue weighted by Gasteiger charge is -2.39. The Morgan fingerprint density at radius 2 is 1.59 bits per heavy atom. The van der Waals surface area contributed by atoms with Crippen LogP contribution in [0.15, 0.2) is 0 Å². The molecule has 1 aliphatic carbocycles. The molecule has 1 unspecified atom stereocenters. The summed E-state index contributed by atoms with van der Waals surface area (Å²) in [4.78, 5) is 44.4. The van der Waals surface area contributed by atoms with Crippen molar-refractivity contribution in [2.45, 2.75) is 36.9 Å². The first-order valence-electron chi connectivity index (χ1n) is 5.63. The third kappa shape index (κ3) is 4.65. The first-order chi connectivity index (χ1) is 9.77. The molecule has 2 aliphatic rings. The zero-order chi connectivity index (χ0) is 16.9. The van der Waals surface area contributed by atoms with E-state index in [-0.39, 0.29) is 0 Å². The highest BCUT2D eigenvalue weighted by Crippen LogP contribution is 2.58. The number of rotatable bonds is 4. The molecule has 1 saturated heterocycles. The van der Waals surface area contributed by atoms with Gasteiger partial charge in [0.2, 0.25) is 0 Å². The van der Waals surface area contributed by atoms with Crippen LogP contribution in [0, 0.1) is 0 Å². The fourth-order valence-corrected chi connectivity index (χ4v) is 4.58. The van der Waals surface area contributed by atoms with Gasteiger partial charge in [0.15, 0.2) is 0 Å². The van der Waals surface area contributed by atoms with Crippen LogP contribution in [-0.4, -0.2) is 60.1 Å². The second-order valence-corrected chi connectivity index (χ2v) is 8.35. The summed E-state index contributed by atoms with van der Waals surface area (Å²) in [5.74, 6) is 0. The minimum absolute atomic E-state index is 0.512. The van der Waals surface area contributed by atoms with Crippen molar-refractivity contribution < 1.29 is 61.4 Å². The molecule has 0 aromatic rings. The van der Waals surface area contributed by atoms with E-state index in [1.54, 1.807) is 0 Å². The Bertz CT molecular complexity index is 564. The molecule has 16 heteroatoms. The van der Waals surface area contributed by atoms with Crippen LogP contribution in [0.3, 0.4) is 0 Å². The second kappa shape index (κ2) is 5.98.